The fraction of sp³-hybridized carbons (Fsp3) is 0.769. The molecule has 1 aliphatic heterocycles. The van der Waals surface area contributed by atoms with E-state index < -0.39 is 0 Å². The Kier molecular flexibility index (Phi) is 4.82. The predicted molar refractivity (Wildman–Crippen MR) is 65.9 cm³/mol. The van der Waals surface area contributed by atoms with E-state index in [1.54, 1.807) is 0 Å². The first-order chi connectivity index (χ1) is 7.68. The Hall–Kier alpha value is -1.01. The highest BCUT2D eigenvalue weighted by molar-refractivity contribution is 5.87. The van der Waals surface area contributed by atoms with E-state index in [0.717, 1.165) is 38.6 Å². The minimum absolute atomic E-state index is 0.0802. The Balaban J connectivity index is 2.65. The third-order valence-corrected chi connectivity index (χ3v) is 3.27. The van der Waals surface area contributed by atoms with Crippen LogP contribution in [-0.4, -0.2) is 24.0 Å². The van der Waals surface area contributed by atoms with Crippen molar-refractivity contribution in [2.75, 3.05) is 6.54 Å². The second-order valence-electron chi connectivity index (χ2n) is 4.46. The Bertz CT molecular complexity index is 274. The standard InChI is InChI=1S/C13H22N2O/c1-4-8-13(9-7-10-14-13)12(16)15-11(5-2)6-3/h2,11,14H,4,6-10H2,1,3H3,(H,15,16). The van der Waals surface area contributed by atoms with E-state index >= 15 is 0 Å². The van der Waals surface area contributed by atoms with Gasteiger partial charge in [0.2, 0.25) is 5.91 Å². The van der Waals surface area contributed by atoms with Crippen molar-refractivity contribution in [3.05, 3.63) is 0 Å². The lowest BCUT2D eigenvalue weighted by atomic mass is 9.90. The van der Waals surface area contributed by atoms with Gasteiger partial charge in [-0.15, -0.1) is 6.42 Å². The lowest BCUT2D eigenvalue weighted by Gasteiger charge is -2.29. The van der Waals surface area contributed by atoms with Crippen LogP contribution in [0.3, 0.4) is 0 Å². The zero-order chi connectivity index (χ0) is 12.0. The number of carbonyl (C=O) groups is 1. The maximum Gasteiger partial charge on any atom is 0.241 e. The van der Waals surface area contributed by atoms with Crippen molar-refractivity contribution in [2.24, 2.45) is 0 Å². The van der Waals surface area contributed by atoms with Crippen LogP contribution in [0, 0.1) is 12.3 Å². The average Bonchev–Trinajstić information content (AvgIpc) is 2.76. The fourth-order valence-corrected chi connectivity index (χ4v) is 2.31. The zero-order valence-corrected chi connectivity index (χ0v) is 10.3. The summed E-state index contributed by atoms with van der Waals surface area (Å²) in [7, 11) is 0. The molecule has 0 aromatic carbocycles. The Morgan fingerprint density at radius 2 is 2.38 bits per heavy atom. The van der Waals surface area contributed by atoms with Crippen molar-refractivity contribution in [1.82, 2.24) is 10.6 Å². The van der Waals surface area contributed by atoms with Gasteiger partial charge in [-0.05, 0) is 32.2 Å². The van der Waals surface area contributed by atoms with Crippen LogP contribution in [0.1, 0.15) is 46.0 Å². The fourth-order valence-electron chi connectivity index (χ4n) is 2.31. The molecule has 2 unspecified atom stereocenters. The number of rotatable bonds is 5. The van der Waals surface area contributed by atoms with Crippen molar-refractivity contribution < 1.29 is 4.79 Å². The van der Waals surface area contributed by atoms with Crippen LogP contribution in [0.2, 0.25) is 0 Å². The van der Waals surface area contributed by atoms with Crippen LogP contribution in [0.4, 0.5) is 0 Å². The molecular weight excluding hydrogens is 200 g/mol. The van der Waals surface area contributed by atoms with Crippen LogP contribution in [0.25, 0.3) is 0 Å². The SMILES string of the molecule is C#CC(CC)NC(=O)C1(CCC)CCCN1. The Labute approximate surface area is 98.4 Å². The van der Waals surface area contributed by atoms with Crippen LogP contribution >= 0.6 is 0 Å². The summed E-state index contributed by atoms with van der Waals surface area (Å²) in [6, 6.07) is -0.136. The predicted octanol–water partition coefficient (Wildman–Crippen LogP) is 1.44. The smallest absolute Gasteiger partial charge is 0.241 e. The zero-order valence-electron chi connectivity index (χ0n) is 10.3. The first kappa shape index (κ1) is 13.1. The first-order valence-corrected chi connectivity index (χ1v) is 6.20. The summed E-state index contributed by atoms with van der Waals surface area (Å²) in [5.41, 5.74) is -0.362. The van der Waals surface area contributed by atoms with Gasteiger partial charge >= 0.3 is 0 Å². The third kappa shape index (κ3) is 2.76. The van der Waals surface area contributed by atoms with Gasteiger partial charge in [0.15, 0.2) is 0 Å². The normalized spacial score (nSPS) is 26.1. The van der Waals surface area contributed by atoms with Gasteiger partial charge in [0.05, 0.1) is 11.6 Å². The molecule has 3 heteroatoms. The van der Waals surface area contributed by atoms with E-state index in [1.165, 1.54) is 0 Å². The van der Waals surface area contributed by atoms with Gasteiger partial charge in [-0.25, -0.2) is 0 Å². The van der Waals surface area contributed by atoms with Gasteiger partial charge in [-0.1, -0.05) is 26.2 Å². The molecule has 0 radical (unpaired) electrons. The number of terminal acetylenes is 1. The number of nitrogens with one attached hydrogen (secondary N) is 2. The molecule has 0 bridgehead atoms. The van der Waals surface area contributed by atoms with Crippen LogP contribution in [0.5, 0.6) is 0 Å². The van der Waals surface area contributed by atoms with E-state index in [2.05, 4.69) is 23.5 Å². The summed E-state index contributed by atoms with van der Waals surface area (Å²) in [5, 5.41) is 6.29. The monoisotopic (exact) mass is 222 g/mol. The molecule has 1 aliphatic rings. The summed E-state index contributed by atoms with van der Waals surface area (Å²) in [5.74, 6) is 2.69. The Morgan fingerprint density at radius 1 is 1.62 bits per heavy atom. The van der Waals surface area contributed by atoms with Gasteiger partial charge in [0.1, 0.15) is 0 Å². The van der Waals surface area contributed by atoms with Crippen LogP contribution < -0.4 is 10.6 Å². The van der Waals surface area contributed by atoms with E-state index in [9.17, 15) is 4.79 Å². The van der Waals surface area contributed by atoms with Crippen molar-refractivity contribution in [3.8, 4) is 12.3 Å². The number of amides is 1. The molecule has 2 atom stereocenters. The molecule has 2 N–H and O–H groups in total. The molecule has 16 heavy (non-hydrogen) atoms. The third-order valence-electron chi connectivity index (χ3n) is 3.27. The quantitative estimate of drug-likeness (QED) is 0.691. The van der Waals surface area contributed by atoms with Gasteiger partial charge < -0.3 is 10.6 Å². The second kappa shape index (κ2) is 5.91. The molecule has 0 aromatic heterocycles. The highest BCUT2D eigenvalue weighted by Crippen LogP contribution is 2.25. The Morgan fingerprint density at radius 3 is 2.81 bits per heavy atom. The topological polar surface area (TPSA) is 41.1 Å². The molecule has 1 heterocycles. The molecule has 1 fully saturated rings. The summed E-state index contributed by atoms with van der Waals surface area (Å²) in [6.07, 6.45) is 10.0. The molecule has 1 amide bonds. The van der Waals surface area contributed by atoms with Crippen LogP contribution in [0.15, 0.2) is 0 Å². The molecule has 1 saturated heterocycles. The van der Waals surface area contributed by atoms with E-state index in [-0.39, 0.29) is 17.5 Å². The largest absolute Gasteiger partial charge is 0.341 e. The molecule has 1 rings (SSSR count). The number of hydrogen-bond acceptors (Lipinski definition) is 2. The van der Waals surface area contributed by atoms with Gasteiger partial charge in [-0.3, -0.25) is 4.79 Å². The number of carbonyl (C=O) groups excluding carboxylic acids is 1. The van der Waals surface area contributed by atoms with Crippen molar-refractivity contribution >= 4 is 5.91 Å². The van der Waals surface area contributed by atoms with Crippen molar-refractivity contribution in [1.29, 1.82) is 0 Å². The first-order valence-electron chi connectivity index (χ1n) is 6.20. The lowest BCUT2D eigenvalue weighted by Crippen LogP contribution is -2.55. The average molecular weight is 222 g/mol. The molecule has 0 saturated carbocycles. The van der Waals surface area contributed by atoms with Crippen molar-refractivity contribution in [3.63, 3.8) is 0 Å². The second-order valence-corrected chi connectivity index (χ2v) is 4.46. The maximum absolute atomic E-state index is 12.2. The summed E-state index contributed by atoms with van der Waals surface area (Å²) in [6.45, 7) is 5.02. The molecule has 0 aromatic rings. The molecule has 3 nitrogen and oxygen atoms in total. The van der Waals surface area contributed by atoms with Gasteiger partial charge in [0, 0.05) is 0 Å². The summed E-state index contributed by atoms with van der Waals surface area (Å²) < 4.78 is 0. The summed E-state index contributed by atoms with van der Waals surface area (Å²) >= 11 is 0. The van der Waals surface area contributed by atoms with E-state index in [0.29, 0.717) is 0 Å². The molecular formula is C13H22N2O. The van der Waals surface area contributed by atoms with Crippen molar-refractivity contribution in [2.45, 2.75) is 57.5 Å². The van der Waals surface area contributed by atoms with Crippen LogP contribution in [-0.2, 0) is 4.79 Å². The highest BCUT2D eigenvalue weighted by Gasteiger charge is 2.40. The molecule has 0 spiro atoms. The van der Waals surface area contributed by atoms with E-state index in [4.69, 9.17) is 6.42 Å². The highest BCUT2D eigenvalue weighted by atomic mass is 16.2. The van der Waals surface area contributed by atoms with Gasteiger partial charge in [0.25, 0.3) is 0 Å². The number of hydrogen-bond donors (Lipinski definition) is 2. The maximum atomic E-state index is 12.2. The lowest BCUT2D eigenvalue weighted by molar-refractivity contribution is -0.127. The summed E-state index contributed by atoms with van der Waals surface area (Å²) in [4.78, 5) is 12.2. The molecule has 90 valence electrons. The van der Waals surface area contributed by atoms with E-state index in [1.807, 2.05) is 6.92 Å². The van der Waals surface area contributed by atoms with Gasteiger partial charge in [-0.2, -0.15) is 0 Å². The minimum atomic E-state index is -0.362. The molecule has 0 aliphatic carbocycles. The minimum Gasteiger partial charge on any atom is -0.341 e.